The molecular weight excluding hydrogens is 438 g/mol. The van der Waals surface area contributed by atoms with Crippen molar-refractivity contribution in [1.29, 1.82) is 0 Å². The second-order valence-corrected chi connectivity index (χ2v) is 10.5. The summed E-state index contributed by atoms with van der Waals surface area (Å²) < 4.78 is 13.7. The Bertz CT molecular complexity index is 1400. The van der Waals surface area contributed by atoms with Crippen LogP contribution >= 0.6 is 0 Å². The molecule has 6 heteroatoms. The van der Waals surface area contributed by atoms with Crippen LogP contribution in [0, 0.1) is 19.8 Å². The lowest BCUT2D eigenvalue weighted by molar-refractivity contribution is -0.0586. The standard InChI is InChI=1S/C29H33N3O3/c1-17-14-31(15-18(2)34-17)29(33)23-9-11-26-25(12-23)24-10-8-22(28-19(3)30-35-20(28)4)13-27(24)32(26)16-21-6-5-7-21/h8-13,17-18,21H,5-7,14-16H2,1-4H3/t17-,18+. The first-order valence-corrected chi connectivity index (χ1v) is 12.8. The Hall–Kier alpha value is -3.12. The van der Waals surface area contributed by atoms with E-state index in [-0.39, 0.29) is 18.1 Å². The molecule has 0 N–H and O–H groups in total. The first-order valence-electron chi connectivity index (χ1n) is 12.8. The van der Waals surface area contributed by atoms with Crippen molar-refractivity contribution in [3.05, 3.63) is 53.4 Å². The van der Waals surface area contributed by atoms with Gasteiger partial charge in [-0.2, -0.15) is 0 Å². The van der Waals surface area contributed by atoms with Gasteiger partial charge in [-0.15, -0.1) is 0 Å². The molecule has 0 spiro atoms. The van der Waals surface area contributed by atoms with Crippen LogP contribution in [0.3, 0.4) is 0 Å². The van der Waals surface area contributed by atoms with Crippen molar-refractivity contribution in [1.82, 2.24) is 14.6 Å². The van der Waals surface area contributed by atoms with E-state index in [4.69, 9.17) is 9.26 Å². The zero-order chi connectivity index (χ0) is 24.3. The zero-order valence-electron chi connectivity index (χ0n) is 21.0. The fourth-order valence-electron chi connectivity index (χ4n) is 5.94. The summed E-state index contributed by atoms with van der Waals surface area (Å²) in [5.41, 5.74) is 6.25. The minimum Gasteiger partial charge on any atom is -0.372 e. The maximum absolute atomic E-state index is 13.4. The van der Waals surface area contributed by atoms with Gasteiger partial charge in [0.2, 0.25) is 0 Å². The number of morpholine rings is 1. The predicted octanol–water partition coefficient (Wildman–Crippen LogP) is 6.12. The zero-order valence-corrected chi connectivity index (χ0v) is 21.0. The smallest absolute Gasteiger partial charge is 0.254 e. The molecule has 2 aromatic carbocycles. The molecule has 1 amide bonds. The van der Waals surface area contributed by atoms with Gasteiger partial charge in [0.05, 0.1) is 17.9 Å². The maximum Gasteiger partial charge on any atom is 0.254 e. The Labute approximate surface area is 205 Å². The van der Waals surface area contributed by atoms with Crippen LogP contribution in [-0.4, -0.2) is 45.8 Å². The number of hydrogen-bond acceptors (Lipinski definition) is 4. The topological polar surface area (TPSA) is 60.5 Å². The van der Waals surface area contributed by atoms with Crippen molar-refractivity contribution in [2.45, 2.75) is 65.7 Å². The maximum atomic E-state index is 13.4. The molecule has 2 aliphatic rings. The SMILES string of the molecule is Cc1noc(C)c1-c1ccc2c3cc(C(=O)N4C[C@@H](C)O[C@@H](C)C4)ccc3n(CC3CCC3)c2c1. The van der Waals surface area contributed by atoms with E-state index >= 15 is 0 Å². The summed E-state index contributed by atoms with van der Waals surface area (Å²) in [6.45, 7) is 10.3. The third-order valence-electron chi connectivity index (χ3n) is 7.81. The Morgan fingerprint density at radius 1 is 1.00 bits per heavy atom. The van der Waals surface area contributed by atoms with Gasteiger partial charge in [0, 0.05) is 52.6 Å². The lowest BCUT2D eigenvalue weighted by Gasteiger charge is -2.35. The Morgan fingerprint density at radius 3 is 2.43 bits per heavy atom. The molecular formula is C29H33N3O3. The van der Waals surface area contributed by atoms with Crippen LogP contribution in [0.15, 0.2) is 40.9 Å². The first kappa shape index (κ1) is 22.4. The van der Waals surface area contributed by atoms with Gasteiger partial charge in [-0.25, -0.2) is 0 Å². The number of aryl methyl sites for hydroxylation is 2. The molecule has 182 valence electrons. The third-order valence-corrected chi connectivity index (χ3v) is 7.81. The number of carbonyl (C=O) groups is 1. The van der Waals surface area contributed by atoms with Gasteiger partial charge in [0.25, 0.3) is 5.91 Å². The number of aromatic nitrogens is 2. The number of rotatable bonds is 4. The van der Waals surface area contributed by atoms with E-state index in [1.54, 1.807) is 0 Å². The number of amides is 1. The lowest BCUT2D eigenvalue weighted by atomic mass is 9.85. The van der Waals surface area contributed by atoms with Crippen molar-refractivity contribution < 1.29 is 14.1 Å². The lowest BCUT2D eigenvalue weighted by Crippen LogP contribution is -2.48. The van der Waals surface area contributed by atoms with Crippen molar-refractivity contribution >= 4 is 27.7 Å². The Balaban J connectivity index is 1.47. The van der Waals surface area contributed by atoms with Gasteiger partial charge in [-0.05, 0) is 76.3 Å². The molecule has 0 unspecified atom stereocenters. The number of carbonyl (C=O) groups excluding carboxylic acids is 1. The Kier molecular flexibility index (Phi) is 5.44. The summed E-state index contributed by atoms with van der Waals surface area (Å²) in [6, 6.07) is 12.9. The first-order chi connectivity index (χ1) is 16.9. The summed E-state index contributed by atoms with van der Waals surface area (Å²) in [4.78, 5) is 15.4. The fraction of sp³-hybridized carbons (Fsp3) is 0.448. The van der Waals surface area contributed by atoms with Gasteiger partial charge in [-0.1, -0.05) is 23.7 Å². The van der Waals surface area contributed by atoms with Crippen LogP contribution in [-0.2, 0) is 11.3 Å². The van der Waals surface area contributed by atoms with Gasteiger partial charge in [-0.3, -0.25) is 4.79 Å². The highest BCUT2D eigenvalue weighted by atomic mass is 16.5. The second kappa shape index (κ2) is 8.52. The van der Waals surface area contributed by atoms with Crippen LogP contribution in [0.1, 0.15) is 54.9 Å². The van der Waals surface area contributed by atoms with Crippen molar-refractivity contribution in [3.63, 3.8) is 0 Å². The quantitative estimate of drug-likeness (QED) is 0.360. The van der Waals surface area contributed by atoms with E-state index in [0.717, 1.165) is 40.1 Å². The number of benzene rings is 2. The summed E-state index contributed by atoms with van der Waals surface area (Å²) in [6.07, 6.45) is 4.00. The number of nitrogens with zero attached hydrogens (tertiary/aromatic N) is 3. The number of ether oxygens (including phenoxy) is 1. The largest absolute Gasteiger partial charge is 0.372 e. The fourth-order valence-corrected chi connectivity index (χ4v) is 5.94. The molecule has 1 saturated heterocycles. The third kappa shape index (κ3) is 3.84. The van der Waals surface area contributed by atoms with Gasteiger partial charge in [0.15, 0.2) is 0 Å². The van der Waals surface area contributed by atoms with E-state index < -0.39 is 0 Å². The normalized spacial score (nSPS) is 21.1. The van der Waals surface area contributed by atoms with E-state index in [1.165, 1.54) is 35.7 Å². The molecule has 3 heterocycles. The van der Waals surface area contributed by atoms with Gasteiger partial charge >= 0.3 is 0 Å². The van der Waals surface area contributed by atoms with Crippen molar-refractivity contribution in [3.8, 4) is 11.1 Å². The summed E-state index contributed by atoms with van der Waals surface area (Å²) in [5.74, 6) is 1.64. The number of fused-ring (bicyclic) bond motifs is 3. The molecule has 1 aliphatic carbocycles. The minimum absolute atomic E-state index is 0.0542. The molecule has 0 radical (unpaired) electrons. The highest BCUT2D eigenvalue weighted by Gasteiger charge is 2.27. The molecule has 6 nitrogen and oxygen atoms in total. The summed E-state index contributed by atoms with van der Waals surface area (Å²) in [5, 5.41) is 6.49. The van der Waals surface area contributed by atoms with E-state index in [1.807, 2.05) is 38.7 Å². The summed E-state index contributed by atoms with van der Waals surface area (Å²) >= 11 is 0. The van der Waals surface area contributed by atoms with Crippen LogP contribution in [0.5, 0.6) is 0 Å². The van der Waals surface area contributed by atoms with E-state index in [9.17, 15) is 4.79 Å². The monoisotopic (exact) mass is 471 g/mol. The van der Waals surface area contributed by atoms with Crippen LogP contribution < -0.4 is 0 Å². The second-order valence-electron chi connectivity index (χ2n) is 10.5. The Morgan fingerprint density at radius 2 is 1.77 bits per heavy atom. The van der Waals surface area contributed by atoms with Gasteiger partial charge in [0.1, 0.15) is 5.76 Å². The van der Waals surface area contributed by atoms with Crippen molar-refractivity contribution in [2.75, 3.05) is 13.1 Å². The highest BCUT2D eigenvalue weighted by Crippen LogP contribution is 2.37. The van der Waals surface area contributed by atoms with Crippen LogP contribution in [0.4, 0.5) is 0 Å². The van der Waals surface area contributed by atoms with Crippen LogP contribution in [0.25, 0.3) is 32.9 Å². The molecule has 4 aromatic rings. The highest BCUT2D eigenvalue weighted by molar-refractivity contribution is 6.11. The molecule has 1 aliphatic heterocycles. The average molecular weight is 472 g/mol. The van der Waals surface area contributed by atoms with Crippen molar-refractivity contribution in [2.24, 2.45) is 5.92 Å². The number of hydrogen-bond donors (Lipinski definition) is 0. The average Bonchev–Trinajstić information content (AvgIpc) is 3.30. The van der Waals surface area contributed by atoms with E-state index in [0.29, 0.717) is 19.0 Å². The minimum atomic E-state index is 0.0542. The van der Waals surface area contributed by atoms with Gasteiger partial charge < -0.3 is 18.7 Å². The molecule has 6 rings (SSSR count). The molecule has 35 heavy (non-hydrogen) atoms. The molecule has 1 saturated carbocycles. The molecule has 2 aromatic heterocycles. The van der Waals surface area contributed by atoms with E-state index in [2.05, 4.69) is 40.1 Å². The molecule has 2 atom stereocenters. The summed E-state index contributed by atoms with van der Waals surface area (Å²) in [7, 11) is 0. The molecule has 2 fully saturated rings. The predicted molar refractivity (Wildman–Crippen MR) is 138 cm³/mol. The van der Waals surface area contributed by atoms with Crippen LogP contribution in [0.2, 0.25) is 0 Å². The molecule has 0 bridgehead atoms.